The second kappa shape index (κ2) is 5.70. The first kappa shape index (κ1) is 13.8. The van der Waals surface area contributed by atoms with E-state index in [4.69, 9.17) is 0 Å². The van der Waals surface area contributed by atoms with Crippen molar-refractivity contribution in [3.63, 3.8) is 0 Å². The largest absolute Gasteiger partial charge is 0.389 e. The molecule has 1 unspecified atom stereocenters. The zero-order valence-corrected chi connectivity index (χ0v) is 12.1. The molecule has 1 aliphatic carbocycles. The summed E-state index contributed by atoms with van der Waals surface area (Å²) in [4.78, 5) is 12.3. The fourth-order valence-corrected chi connectivity index (χ4v) is 2.76. The molecule has 0 fully saturated rings. The molecular weight excluding hydrogens is 262 g/mol. The fraction of sp³-hybridized carbons (Fsp3) is 0.278. The Bertz CT molecular complexity index is 659. The van der Waals surface area contributed by atoms with Crippen molar-refractivity contribution in [2.45, 2.75) is 32.3 Å². The molecule has 3 rings (SSSR count). The molecule has 2 N–H and O–H groups in total. The molecule has 3 nitrogen and oxygen atoms in total. The van der Waals surface area contributed by atoms with Crippen LogP contribution in [0, 0.1) is 0 Å². The van der Waals surface area contributed by atoms with Gasteiger partial charge in [0.2, 0.25) is 0 Å². The van der Waals surface area contributed by atoms with Gasteiger partial charge >= 0.3 is 0 Å². The second-order valence-electron chi connectivity index (χ2n) is 5.59. The van der Waals surface area contributed by atoms with Gasteiger partial charge in [0, 0.05) is 11.3 Å². The number of fused-ring (bicyclic) bond motifs is 1. The van der Waals surface area contributed by atoms with Crippen LogP contribution in [-0.2, 0) is 12.8 Å². The number of hydrogen-bond acceptors (Lipinski definition) is 2. The lowest BCUT2D eigenvalue weighted by Crippen LogP contribution is -2.12. The molecule has 0 saturated heterocycles. The maximum Gasteiger partial charge on any atom is 0.255 e. The topological polar surface area (TPSA) is 49.3 Å². The lowest BCUT2D eigenvalue weighted by Gasteiger charge is -2.09. The van der Waals surface area contributed by atoms with Crippen molar-refractivity contribution in [3.8, 4) is 0 Å². The number of amides is 1. The lowest BCUT2D eigenvalue weighted by atomic mass is 10.1. The van der Waals surface area contributed by atoms with Gasteiger partial charge in [0.05, 0.1) is 6.10 Å². The van der Waals surface area contributed by atoms with Crippen LogP contribution >= 0.6 is 0 Å². The number of nitrogens with one attached hydrogen (secondary N) is 1. The molecule has 0 heterocycles. The highest BCUT2D eigenvalue weighted by Crippen LogP contribution is 2.23. The van der Waals surface area contributed by atoms with Gasteiger partial charge in [-0.2, -0.15) is 0 Å². The molecule has 3 heteroatoms. The van der Waals surface area contributed by atoms with Crippen LogP contribution in [0.1, 0.15) is 46.5 Å². The normalized spacial score (nSPS) is 14.6. The maximum absolute atomic E-state index is 12.3. The number of hydrogen-bond donors (Lipinski definition) is 2. The quantitative estimate of drug-likeness (QED) is 0.905. The highest BCUT2D eigenvalue weighted by Gasteiger charge is 2.14. The summed E-state index contributed by atoms with van der Waals surface area (Å²) in [7, 11) is 0. The third kappa shape index (κ3) is 2.98. The number of aliphatic hydroxyl groups is 1. The molecular formula is C18H19NO2. The van der Waals surface area contributed by atoms with Crippen molar-refractivity contribution in [2.75, 3.05) is 5.32 Å². The van der Waals surface area contributed by atoms with Gasteiger partial charge < -0.3 is 10.4 Å². The number of aryl methyl sites for hydroxylation is 2. The van der Waals surface area contributed by atoms with E-state index in [1.807, 2.05) is 36.4 Å². The number of anilines is 1. The van der Waals surface area contributed by atoms with Crippen molar-refractivity contribution < 1.29 is 9.90 Å². The van der Waals surface area contributed by atoms with Gasteiger partial charge in [-0.15, -0.1) is 0 Å². The van der Waals surface area contributed by atoms with E-state index in [-0.39, 0.29) is 5.91 Å². The number of benzene rings is 2. The second-order valence-corrected chi connectivity index (χ2v) is 5.59. The zero-order chi connectivity index (χ0) is 14.8. The molecule has 0 bridgehead atoms. The Balaban J connectivity index is 1.74. The van der Waals surface area contributed by atoms with Gasteiger partial charge in [0.15, 0.2) is 0 Å². The molecule has 1 aliphatic rings. The molecule has 0 aromatic heterocycles. The van der Waals surface area contributed by atoms with Gasteiger partial charge in [-0.25, -0.2) is 0 Å². The lowest BCUT2D eigenvalue weighted by molar-refractivity contribution is 0.102. The monoisotopic (exact) mass is 281 g/mol. The van der Waals surface area contributed by atoms with E-state index in [2.05, 4.69) is 11.4 Å². The van der Waals surface area contributed by atoms with E-state index in [1.54, 1.807) is 6.92 Å². The van der Waals surface area contributed by atoms with E-state index >= 15 is 0 Å². The van der Waals surface area contributed by atoms with Crippen molar-refractivity contribution in [1.82, 2.24) is 0 Å². The van der Waals surface area contributed by atoms with Crippen molar-refractivity contribution in [1.29, 1.82) is 0 Å². The van der Waals surface area contributed by atoms with Crippen molar-refractivity contribution >= 4 is 11.6 Å². The Morgan fingerprint density at radius 3 is 2.52 bits per heavy atom. The van der Waals surface area contributed by atoms with Crippen LogP contribution in [-0.4, -0.2) is 11.0 Å². The maximum atomic E-state index is 12.3. The van der Waals surface area contributed by atoms with E-state index in [0.717, 1.165) is 24.1 Å². The molecule has 0 saturated carbocycles. The summed E-state index contributed by atoms with van der Waals surface area (Å²) in [6.07, 6.45) is 2.88. The molecule has 0 radical (unpaired) electrons. The number of aliphatic hydroxyl groups excluding tert-OH is 1. The smallest absolute Gasteiger partial charge is 0.255 e. The highest BCUT2D eigenvalue weighted by molar-refractivity contribution is 6.04. The van der Waals surface area contributed by atoms with E-state index < -0.39 is 6.10 Å². The summed E-state index contributed by atoms with van der Waals surface area (Å²) in [6.45, 7) is 1.72. The van der Waals surface area contributed by atoms with Crippen LogP contribution in [0.5, 0.6) is 0 Å². The van der Waals surface area contributed by atoms with Gasteiger partial charge in [-0.1, -0.05) is 18.2 Å². The molecule has 1 atom stereocenters. The minimum atomic E-state index is -0.494. The van der Waals surface area contributed by atoms with E-state index in [0.29, 0.717) is 5.56 Å². The van der Waals surface area contributed by atoms with Crippen LogP contribution in [0.2, 0.25) is 0 Å². The summed E-state index contributed by atoms with van der Waals surface area (Å²) in [5.41, 5.74) is 4.95. The summed E-state index contributed by atoms with van der Waals surface area (Å²) >= 11 is 0. The molecule has 2 aromatic rings. The molecule has 0 aliphatic heterocycles. The van der Waals surface area contributed by atoms with E-state index in [9.17, 15) is 9.90 Å². The Kier molecular flexibility index (Phi) is 3.76. The summed E-state index contributed by atoms with van der Waals surface area (Å²) in [5, 5.41) is 12.4. The SMILES string of the molecule is CC(O)c1ccc(NC(=O)c2ccc3c(c2)CCC3)cc1. The van der Waals surface area contributed by atoms with Crippen molar-refractivity contribution in [2.24, 2.45) is 0 Å². The summed E-state index contributed by atoms with van der Waals surface area (Å²) in [6, 6.07) is 13.2. The van der Waals surface area contributed by atoms with Gasteiger partial charge in [-0.05, 0) is 67.1 Å². The summed E-state index contributed by atoms with van der Waals surface area (Å²) in [5.74, 6) is -0.0884. The first-order chi connectivity index (χ1) is 10.1. The number of rotatable bonds is 3. The molecule has 21 heavy (non-hydrogen) atoms. The predicted octanol–water partition coefficient (Wildman–Crippen LogP) is 3.48. The first-order valence-electron chi connectivity index (χ1n) is 7.34. The van der Waals surface area contributed by atoms with Gasteiger partial charge in [0.1, 0.15) is 0 Å². The zero-order valence-electron chi connectivity index (χ0n) is 12.1. The minimum Gasteiger partial charge on any atom is -0.389 e. The average Bonchev–Trinajstić information content (AvgIpc) is 2.95. The number of carbonyl (C=O) groups is 1. The third-order valence-electron chi connectivity index (χ3n) is 4.01. The fourth-order valence-electron chi connectivity index (χ4n) is 2.76. The first-order valence-corrected chi connectivity index (χ1v) is 7.34. The van der Waals surface area contributed by atoms with Crippen LogP contribution in [0.4, 0.5) is 5.69 Å². The molecule has 0 spiro atoms. The molecule has 1 amide bonds. The Labute approximate surface area is 124 Å². The minimum absolute atomic E-state index is 0.0884. The molecule has 108 valence electrons. The predicted molar refractivity (Wildman–Crippen MR) is 83.5 cm³/mol. The van der Waals surface area contributed by atoms with Crippen LogP contribution < -0.4 is 5.32 Å². The summed E-state index contributed by atoms with van der Waals surface area (Å²) < 4.78 is 0. The van der Waals surface area contributed by atoms with Crippen molar-refractivity contribution in [3.05, 3.63) is 64.7 Å². The van der Waals surface area contributed by atoms with E-state index in [1.165, 1.54) is 17.5 Å². The Morgan fingerprint density at radius 2 is 1.81 bits per heavy atom. The van der Waals surface area contributed by atoms with Crippen LogP contribution in [0.25, 0.3) is 0 Å². The number of carbonyl (C=O) groups excluding carboxylic acids is 1. The Hall–Kier alpha value is -2.13. The van der Waals surface area contributed by atoms with Crippen LogP contribution in [0.15, 0.2) is 42.5 Å². The average molecular weight is 281 g/mol. The van der Waals surface area contributed by atoms with Gasteiger partial charge in [0.25, 0.3) is 5.91 Å². The van der Waals surface area contributed by atoms with Gasteiger partial charge in [-0.3, -0.25) is 4.79 Å². The third-order valence-corrected chi connectivity index (χ3v) is 4.01. The van der Waals surface area contributed by atoms with Crippen LogP contribution in [0.3, 0.4) is 0 Å². The standard InChI is InChI=1S/C18H19NO2/c1-12(20)13-7-9-17(10-8-13)19-18(21)16-6-5-14-3-2-4-15(14)11-16/h5-12,20H,2-4H2,1H3,(H,19,21). The molecule has 2 aromatic carbocycles. The highest BCUT2D eigenvalue weighted by atomic mass is 16.3. The Morgan fingerprint density at radius 1 is 1.10 bits per heavy atom.